The lowest BCUT2D eigenvalue weighted by molar-refractivity contribution is 0.0929. The number of amides is 1. The van der Waals surface area contributed by atoms with Crippen LogP contribution in [0.5, 0.6) is 0 Å². The van der Waals surface area contributed by atoms with Crippen molar-refractivity contribution < 1.29 is 4.79 Å². The number of hydrogen-bond acceptors (Lipinski definition) is 5. The molecule has 122 valence electrons. The molecule has 0 aliphatic heterocycles. The van der Waals surface area contributed by atoms with Crippen LogP contribution < -0.4 is 10.6 Å². The van der Waals surface area contributed by atoms with Gasteiger partial charge in [0, 0.05) is 17.1 Å². The van der Waals surface area contributed by atoms with Gasteiger partial charge in [-0.3, -0.25) is 4.79 Å². The van der Waals surface area contributed by atoms with Gasteiger partial charge >= 0.3 is 0 Å². The molecule has 1 amide bonds. The highest BCUT2D eigenvalue weighted by Crippen LogP contribution is 2.21. The SMILES string of the molecule is Cc1cccc(Nc2nc(C(=O)NC3CCCCCC3)cs2)n1. The van der Waals surface area contributed by atoms with Crippen LogP contribution in [0.2, 0.25) is 0 Å². The summed E-state index contributed by atoms with van der Waals surface area (Å²) in [5.74, 6) is 0.675. The molecule has 0 radical (unpaired) electrons. The molecule has 2 N–H and O–H groups in total. The first kappa shape index (κ1) is 15.9. The topological polar surface area (TPSA) is 66.9 Å². The third kappa shape index (κ3) is 4.51. The first-order valence-electron chi connectivity index (χ1n) is 8.18. The van der Waals surface area contributed by atoms with E-state index in [-0.39, 0.29) is 5.91 Å². The van der Waals surface area contributed by atoms with Crippen molar-refractivity contribution in [3.63, 3.8) is 0 Å². The van der Waals surface area contributed by atoms with Crippen LogP contribution >= 0.6 is 11.3 Å². The summed E-state index contributed by atoms with van der Waals surface area (Å²) in [6.07, 6.45) is 7.12. The van der Waals surface area contributed by atoms with Gasteiger partial charge in [-0.2, -0.15) is 0 Å². The molecule has 0 atom stereocenters. The number of thiazole rings is 1. The zero-order valence-corrected chi connectivity index (χ0v) is 14.2. The van der Waals surface area contributed by atoms with Crippen molar-refractivity contribution in [2.45, 2.75) is 51.5 Å². The summed E-state index contributed by atoms with van der Waals surface area (Å²) in [5.41, 5.74) is 1.42. The van der Waals surface area contributed by atoms with E-state index in [2.05, 4.69) is 20.6 Å². The minimum absolute atomic E-state index is 0.0709. The number of aromatic nitrogens is 2. The summed E-state index contributed by atoms with van der Waals surface area (Å²) in [4.78, 5) is 21.1. The van der Waals surface area contributed by atoms with E-state index < -0.39 is 0 Å². The number of carbonyl (C=O) groups is 1. The normalized spacial score (nSPS) is 15.9. The fourth-order valence-electron chi connectivity index (χ4n) is 2.84. The minimum atomic E-state index is -0.0709. The van der Waals surface area contributed by atoms with Crippen molar-refractivity contribution in [2.75, 3.05) is 5.32 Å². The predicted octanol–water partition coefficient (Wildman–Crippen LogP) is 4.04. The van der Waals surface area contributed by atoms with Gasteiger partial charge in [-0.1, -0.05) is 31.7 Å². The van der Waals surface area contributed by atoms with Crippen molar-refractivity contribution >= 4 is 28.2 Å². The van der Waals surface area contributed by atoms with Crippen LogP contribution in [-0.2, 0) is 0 Å². The molecule has 0 saturated heterocycles. The molecule has 2 heterocycles. The van der Waals surface area contributed by atoms with Crippen LogP contribution in [-0.4, -0.2) is 21.9 Å². The van der Waals surface area contributed by atoms with E-state index in [0.29, 0.717) is 16.9 Å². The Morgan fingerprint density at radius 1 is 1.17 bits per heavy atom. The molecule has 0 bridgehead atoms. The van der Waals surface area contributed by atoms with Gasteiger partial charge in [-0.05, 0) is 31.9 Å². The molecule has 1 fully saturated rings. The summed E-state index contributed by atoms with van der Waals surface area (Å²) < 4.78 is 0. The monoisotopic (exact) mass is 330 g/mol. The van der Waals surface area contributed by atoms with E-state index in [0.717, 1.165) is 24.4 Å². The molecule has 0 spiro atoms. The second kappa shape index (κ2) is 7.55. The number of nitrogens with one attached hydrogen (secondary N) is 2. The van der Waals surface area contributed by atoms with Gasteiger partial charge in [0.05, 0.1) is 0 Å². The van der Waals surface area contributed by atoms with Crippen LogP contribution in [0.3, 0.4) is 0 Å². The van der Waals surface area contributed by atoms with Gasteiger partial charge in [0.1, 0.15) is 11.5 Å². The zero-order valence-electron chi connectivity index (χ0n) is 13.3. The van der Waals surface area contributed by atoms with Crippen LogP contribution in [0.1, 0.15) is 54.7 Å². The quantitative estimate of drug-likeness (QED) is 0.830. The van der Waals surface area contributed by atoms with E-state index >= 15 is 0 Å². The average molecular weight is 330 g/mol. The van der Waals surface area contributed by atoms with Crippen molar-refractivity contribution in [3.8, 4) is 0 Å². The van der Waals surface area contributed by atoms with Crippen LogP contribution in [0.15, 0.2) is 23.6 Å². The first-order chi connectivity index (χ1) is 11.2. The van der Waals surface area contributed by atoms with Gasteiger partial charge in [-0.25, -0.2) is 9.97 Å². The molecule has 0 aromatic carbocycles. The lowest BCUT2D eigenvalue weighted by atomic mass is 10.1. The summed E-state index contributed by atoms with van der Waals surface area (Å²) in [6, 6.07) is 6.07. The van der Waals surface area contributed by atoms with Crippen LogP contribution in [0.25, 0.3) is 0 Å². The van der Waals surface area contributed by atoms with Gasteiger partial charge in [-0.15, -0.1) is 11.3 Å². The second-order valence-electron chi connectivity index (χ2n) is 5.99. The van der Waals surface area contributed by atoms with E-state index in [1.165, 1.54) is 37.0 Å². The van der Waals surface area contributed by atoms with Crippen LogP contribution in [0.4, 0.5) is 10.9 Å². The molecule has 23 heavy (non-hydrogen) atoms. The lowest BCUT2D eigenvalue weighted by Gasteiger charge is -2.15. The zero-order chi connectivity index (χ0) is 16.1. The minimum Gasteiger partial charge on any atom is -0.348 e. The number of carbonyl (C=O) groups excluding carboxylic acids is 1. The third-order valence-corrected chi connectivity index (χ3v) is 4.81. The standard InChI is InChI=1S/C17H22N4OS/c1-12-7-6-10-15(18-12)21-17-20-14(11-23-17)16(22)19-13-8-4-2-3-5-9-13/h6-7,10-11,13H,2-5,8-9H2,1H3,(H,19,22)(H,18,20,21). The fraction of sp³-hybridized carbons (Fsp3) is 0.471. The molecule has 3 rings (SSSR count). The van der Waals surface area contributed by atoms with Gasteiger partial charge in [0.15, 0.2) is 5.13 Å². The second-order valence-corrected chi connectivity index (χ2v) is 6.85. The number of pyridine rings is 1. The Labute approximate surface area is 140 Å². The average Bonchev–Trinajstić information content (AvgIpc) is 2.84. The van der Waals surface area contributed by atoms with Gasteiger partial charge in [0.25, 0.3) is 5.91 Å². The Balaban J connectivity index is 1.60. The van der Waals surface area contributed by atoms with Crippen molar-refractivity contribution in [1.82, 2.24) is 15.3 Å². The molecular weight excluding hydrogens is 308 g/mol. The Bertz CT molecular complexity index is 662. The summed E-state index contributed by atoms with van der Waals surface area (Å²) >= 11 is 1.42. The predicted molar refractivity (Wildman–Crippen MR) is 93.3 cm³/mol. The highest BCUT2D eigenvalue weighted by Gasteiger charge is 2.17. The molecule has 0 unspecified atom stereocenters. The summed E-state index contributed by atoms with van der Waals surface area (Å²) in [5, 5.41) is 8.76. The first-order valence-corrected chi connectivity index (χ1v) is 9.06. The molecule has 1 aliphatic carbocycles. The lowest BCUT2D eigenvalue weighted by Crippen LogP contribution is -2.34. The van der Waals surface area contributed by atoms with E-state index in [1.807, 2.05) is 25.1 Å². The smallest absolute Gasteiger partial charge is 0.271 e. The molecular formula is C17H22N4OS. The highest BCUT2D eigenvalue weighted by molar-refractivity contribution is 7.14. The molecule has 2 aromatic rings. The van der Waals surface area contributed by atoms with Gasteiger partial charge < -0.3 is 10.6 Å². The molecule has 1 aliphatic rings. The van der Waals surface area contributed by atoms with Gasteiger partial charge in [0.2, 0.25) is 0 Å². The number of anilines is 2. The molecule has 6 heteroatoms. The Morgan fingerprint density at radius 2 is 1.96 bits per heavy atom. The van der Waals surface area contributed by atoms with E-state index in [9.17, 15) is 4.79 Å². The number of nitrogens with zero attached hydrogens (tertiary/aromatic N) is 2. The summed E-state index contributed by atoms with van der Waals surface area (Å²) in [6.45, 7) is 1.94. The number of rotatable bonds is 4. The Hall–Kier alpha value is -1.95. The van der Waals surface area contributed by atoms with Crippen molar-refractivity contribution in [1.29, 1.82) is 0 Å². The third-order valence-electron chi connectivity index (χ3n) is 4.05. The maximum absolute atomic E-state index is 12.3. The summed E-state index contributed by atoms with van der Waals surface area (Å²) in [7, 11) is 0. The maximum Gasteiger partial charge on any atom is 0.271 e. The highest BCUT2D eigenvalue weighted by atomic mass is 32.1. The van der Waals surface area contributed by atoms with Crippen LogP contribution in [0, 0.1) is 6.92 Å². The molecule has 5 nitrogen and oxygen atoms in total. The fourth-order valence-corrected chi connectivity index (χ4v) is 3.54. The van der Waals surface area contributed by atoms with E-state index in [4.69, 9.17) is 0 Å². The maximum atomic E-state index is 12.3. The Kier molecular flexibility index (Phi) is 5.23. The number of aryl methyl sites for hydroxylation is 1. The van der Waals surface area contributed by atoms with E-state index in [1.54, 1.807) is 5.38 Å². The van der Waals surface area contributed by atoms with Crippen molar-refractivity contribution in [2.24, 2.45) is 0 Å². The molecule has 2 aromatic heterocycles. The Morgan fingerprint density at radius 3 is 2.70 bits per heavy atom. The molecule has 1 saturated carbocycles. The van der Waals surface area contributed by atoms with Crippen molar-refractivity contribution in [3.05, 3.63) is 35.0 Å². The largest absolute Gasteiger partial charge is 0.348 e. The number of hydrogen-bond donors (Lipinski definition) is 2.